The van der Waals surface area contributed by atoms with Crippen molar-refractivity contribution in [2.75, 3.05) is 22.9 Å². The maximum absolute atomic E-state index is 5.43. The molecule has 9 rings (SSSR count). The van der Waals surface area contributed by atoms with Gasteiger partial charge in [-0.25, -0.2) is 0 Å². The lowest BCUT2D eigenvalue weighted by atomic mass is 9.87. The fourth-order valence-corrected chi connectivity index (χ4v) is 9.34. The smallest absolute Gasteiger partial charge is 0.0811 e. The Bertz CT molecular complexity index is 2790. The second-order valence-electron chi connectivity index (χ2n) is 16.5. The molecule has 0 aromatic heterocycles. The van der Waals surface area contributed by atoms with Gasteiger partial charge in [0.2, 0.25) is 0 Å². The van der Waals surface area contributed by atoms with E-state index in [4.69, 9.17) is 4.99 Å². The van der Waals surface area contributed by atoms with E-state index in [0.717, 1.165) is 66.6 Å². The Hall–Kier alpha value is -7.23. The van der Waals surface area contributed by atoms with Crippen molar-refractivity contribution in [2.45, 2.75) is 72.8 Å². The average molecular weight is 878 g/mol. The van der Waals surface area contributed by atoms with Gasteiger partial charge in [0.05, 0.1) is 17.4 Å². The minimum Gasteiger partial charge on any atom is -0.341 e. The highest BCUT2D eigenvalue weighted by Gasteiger charge is 2.28. The third-order valence-electron chi connectivity index (χ3n) is 12.5. The predicted octanol–water partition coefficient (Wildman–Crippen LogP) is 17.2. The molecule has 3 aliphatic heterocycles. The molecule has 67 heavy (non-hydrogen) atoms. The van der Waals surface area contributed by atoms with Gasteiger partial charge in [0.1, 0.15) is 0 Å². The second-order valence-corrected chi connectivity index (χ2v) is 16.5. The molecule has 0 amide bonds. The number of benzene rings is 5. The minimum absolute atomic E-state index is 0.0210. The van der Waals surface area contributed by atoms with Crippen LogP contribution in [0.4, 0.5) is 17.1 Å². The van der Waals surface area contributed by atoms with Crippen LogP contribution in [0, 0.1) is 0 Å². The number of allylic oxidation sites excluding steroid dienone is 15. The SMILES string of the molecule is C=C/C(=C\C=C/C)c1cc2c(c(C3=CC=CCC3)c1)N(C1=CC(c3ccccc3)=NC(c3ccccc3)C1)C\C=C/C(C1=C/C(=C)c3ccccc3N(c3ccccc3)CC\1)=C\C2.CC.CC. The zero-order valence-electron chi connectivity index (χ0n) is 40.3. The molecule has 3 heteroatoms. The third-order valence-corrected chi connectivity index (χ3v) is 12.5. The highest BCUT2D eigenvalue weighted by atomic mass is 15.2. The maximum Gasteiger partial charge on any atom is 0.0811 e. The van der Waals surface area contributed by atoms with Gasteiger partial charge in [-0.05, 0) is 119 Å². The first-order chi connectivity index (χ1) is 33.1. The summed E-state index contributed by atoms with van der Waals surface area (Å²) in [5.41, 5.74) is 19.2. The number of nitrogens with zero attached hydrogens (tertiary/aromatic N) is 3. The Labute approximate surface area is 402 Å². The average Bonchev–Trinajstić information content (AvgIpc) is 3.49. The fourth-order valence-electron chi connectivity index (χ4n) is 9.34. The molecule has 0 saturated heterocycles. The van der Waals surface area contributed by atoms with E-state index >= 15 is 0 Å². The first kappa shape index (κ1) is 47.7. The van der Waals surface area contributed by atoms with E-state index in [1.807, 2.05) is 33.8 Å². The maximum atomic E-state index is 5.43. The quantitative estimate of drug-likeness (QED) is 0.137. The number of hydrogen-bond acceptors (Lipinski definition) is 3. The van der Waals surface area contributed by atoms with Gasteiger partial charge in [-0.1, -0.05) is 205 Å². The second kappa shape index (κ2) is 23.8. The van der Waals surface area contributed by atoms with Crippen LogP contribution in [0.2, 0.25) is 0 Å². The normalized spacial score (nSPS) is 19.2. The molecular formula is C64H67N3. The van der Waals surface area contributed by atoms with E-state index in [0.29, 0.717) is 6.54 Å². The number of dihydropyridines is 1. The van der Waals surface area contributed by atoms with Gasteiger partial charge >= 0.3 is 0 Å². The van der Waals surface area contributed by atoms with Crippen LogP contribution in [-0.2, 0) is 6.42 Å². The van der Waals surface area contributed by atoms with Crippen LogP contribution in [-0.4, -0.2) is 18.8 Å². The van der Waals surface area contributed by atoms with E-state index in [-0.39, 0.29) is 6.04 Å². The summed E-state index contributed by atoms with van der Waals surface area (Å²) in [5.74, 6) is 0. The topological polar surface area (TPSA) is 18.8 Å². The molecule has 4 aliphatic rings. The molecule has 3 heterocycles. The van der Waals surface area contributed by atoms with Crippen LogP contribution in [0.3, 0.4) is 0 Å². The van der Waals surface area contributed by atoms with Crippen molar-refractivity contribution in [1.29, 1.82) is 0 Å². The molecule has 1 aliphatic carbocycles. The Morgan fingerprint density at radius 1 is 0.746 bits per heavy atom. The van der Waals surface area contributed by atoms with Gasteiger partial charge in [-0.2, -0.15) is 0 Å². The first-order valence-corrected chi connectivity index (χ1v) is 24.4. The van der Waals surface area contributed by atoms with Crippen LogP contribution in [0.25, 0.3) is 16.7 Å². The van der Waals surface area contributed by atoms with Gasteiger partial charge in [0.15, 0.2) is 0 Å². The standard InChI is InChI=1S/C60H55N3.2C2H6/c1-4-6-22-45(5-2)52-40-51-35-34-46(50-36-38-62(53-30-17-10-18-31-53)59-33-20-19-32-55(59)44(3)39-50)29-21-37-63(60(51)56(41-52)47-23-11-7-12-24-47)54-42-57(48-25-13-8-14-26-48)61-58(43-54)49-27-15-9-16-28-49;2*1-2/h4-11,13-23,25-34,39-42,58H,2-3,12,24,35-38,43H2,1H3;2*1-2H3/b6-4-,29-21-,45-22+,46-34+,50-39+;;. The molecule has 0 radical (unpaired) electrons. The molecule has 0 fully saturated rings. The highest BCUT2D eigenvalue weighted by Crippen LogP contribution is 2.44. The summed E-state index contributed by atoms with van der Waals surface area (Å²) >= 11 is 0. The van der Waals surface area contributed by atoms with Crippen LogP contribution in [0.5, 0.6) is 0 Å². The number of fused-ring (bicyclic) bond motifs is 2. The molecule has 0 spiro atoms. The molecule has 0 N–H and O–H groups in total. The summed E-state index contributed by atoms with van der Waals surface area (Å²) in [7, 11) is 0. The lowest BCUT2D eigenvalue weighted by Crippen LogP contribution is -2.29. The Morgan fingerprint density at radius 3 is 2.18 bits per heavy atom. The first-order valence-electron chi connectivity index (χ1n) is 24.4. The zero-order valence-corrected chi connectivity index (χ0v) is 40.3. The molecule has 0 bridgehead atoms. The number of rotatable bonds is 9. The van der Waals surface area contributed by atoms with Gasteiger partial charge in [0.25, 0.3) is 0 Å². The van der Waals surface area contributed by atoms with Gasteiger partial charge < -0.3 is 9.80 Å². The van der Waals surface area contributed by atoms with Crippen molar-refractivity contribution >= 4 is 39.5 Å². The van der Waals surface area contributed by atoms with Crippen molar-refractivity contribution in [3.05, 3.63) is 264 Å². The number of para-hydroxylation sites is 2. The van der Waals surface area contributed by atoms with Crippen molar-refractivity contribution < 1.29 is 0 Å². The lowest BCUT2D eigenvalue weighted by Gasteiger charge is -2.35. The summed E-state index contributed by atoms with van der Waals surface area (Å²) in [5, 5.41) is 0. The summed E-state index contributed by atoms with van der Waals surface area (Å²) in [6.07, 6.45) is 31.5. The molecule has 1 atom stereocenters. The van der Waals surface area contributed by atoms with Gasteiger partial charge in [-0.3, -0.25) is 4.99 Å². The summed E-state index contributed by atoms with van der Waals surface area (Å²) in [6.45, 7) is 20.6. The summed E-state index contributed by atoms with van der Waals surface area (Å²) < 4.78 is 0. The predicted molar refractivity (Wildman–Crippen MR) is 293 cm³/mol. The lowest BCUT2D eigenvalue weighted by molar-refractivity contribution is 0.688. The summed E-state index contributed by atoms with van der Waals surface area (Å²) in [4.78, 5) is 10.5. The Kier molecular flexibility index (Phi) is 17.0. The zero-order chi connectivity index (χ0) is 47.0. The molecule has 3 nitrogen and oxygen atoms in total. The van der Waals surface area contributed by atoms with Crippen LogP contribution in [0.15, 0.2) is 235 Å². The minimum atomic E-state index is -0.0210. The molecule has 0 saturated carbocycles. The fraction of sp³-hybridized carbons (Fsp3) is 0.203. The van der Waals surface area contributed by atoms with Crippen molar-refractivity contribution in [3.8, 4) is 0 Å². The molecule has 338 valence electrons. The van der Waals surface area contributed by atoms with Crippen LogP contribution >= 0.6 is 0 Å². The van der Waals surface area contributed by atoms with E-state index in [9.17, 15) is 0 Å². The highest BCUT2D eigenvalue weighted by molar-refractivity contribution is 6.10. The van der Waals surface area contributed by atoms with E-state index in [2.05, 4.69) is 224 Å². The monoisotopic (exact) mass is 878 g/mol. The van der Waals surface area contributed by atoms with Crippen molar-refractivity contribution in [1.82, 2.24) is 0 Å². The molecule has 1 unspecified atom stereocenters. The molecule has 5 aromatic carbocycles. The van der Waals surface area contributed by atoms with Gasteiger partial charge in [0, 0.05) is 47.7 Å². The van der Waals surface area contributed by atoms with Crippen LogP contribution < -0.4 is 9.80 Å². The van der Waals surface area contributed by atoms with E-state index < -0.39 is 0 Å². The van der Waals surface area contributed by atoms with Gasteiger partial charge in [-0.15, -0.1) is 0 Å². The van der Waals surface area contributed by atoms with Crippen molar-refractivity contribution in [2.24, 2.45) is 4.99 Å². The third kappa shape index (κ3) is 11.2. The van der Waals surface area contributed by atoms with Crippen molar-refractivity contribution in [3.63, 3.8) is 0 Å². The number of aliphatic imine (C=N–C) groups is 1. The van der Waals surface area contributed by atoms with Crippen LogP contribution in [0.1, 0.15) is 99.7 Å². The number of hydrogen-bond donors (Lipinski definition) is 0. The molecule has 5 aromatic rings. The Balaban J connectivity index is 0.00000162. The molecular weight excluding hydrogens is 811 g/mol. The van der Waals surface area contributed by atoms with E-state index in [1.54, 1.807) is 0 Å². The Morgan fingerprint density at radius 2 is 1.46 bits per heavy atom. The summed E-state index contributed by atoms with van der Waals surface area (Å²) in [6, 6.07) is 45.7. The number of anilines is 3. The largest absolute Gasteiger partial charge is 0.341 e. The van der Waals surface area contributed by atoms with E-state index in [1.165, 1.54) is 61.7 Å².